The van der Waals surface area contributed by atoms with Crippen LogP contribution < -0.4 is 11.0 Å². The molecule has 5 rings (SSSR count). The zero-order valence-corrected chi connectivity index (χ0v) is 22.0. The molecule has 1 aliphatic heterocycles. The van der Waals surface area contributed by atoms with E-state index in [1.165, 1.54) is 0 Å². The van der Waals surface area contributed by atoms with Gasteiger partial charge in [0, 0.05) is 43.4 Å². The van der Waals surface area contributed by atoms with E-state index in [2.05, 4.69) is 15.3 Å². The van der Waals surface area contributed by atoms with Gasteiger partial charge in [-0.15, -0.1) is 0 Å². The number of imidazole rings is 1. The number of likely N-dealkylation sites (tertiary alicyclic amines) is 1. The van der Waals surface area contributed by atoms with Gasteiger partial charge in [-0.2, -0.15) is 4.98 Å². The predicted molar refractivity (Wildman–Crippen MR) is 143 cm³/mol. The minimum Gasteiger partial charge on any atom is -0.366 e. The molecule has 0 aliphatic carbocycles. The number of pyridine rings is 1. The van der Waals surface area contributed by atoms with E-state index in [1.54, 1.807) is 28.6 Å². The Morgan fingerprint density at radius 2 is 1.95 bits per heavy atom. The highest BCUT2D eigenvalue weighted by Gasteiger charge is 2.28. The number of carbonyl (C=O) groups is 1. The van der Waals surface area contributed by atoms with Crippen LogP contribution >= 0.6 is 0 Å². The molecule has 0 bridgehead atoms. The van der Waals surface area contributed by atoms with Crippen LogP contribution in [0.15, 0.2) is 41.5 Å². The van der Waals surface area contributed by atoms with Gasteiger partial charge >= 0.3 is 5.69 Å². The maximum Gasteiger partial charge on any atom is 0.330 e. The summed E-state index contributed by atoms with van der Waals surface area (Å²) in [5.74, 6) is 0.401. The lowest BCUT2D eigenvalue weighted by Gasteiger charge is -2.33. The molecule has 0 radical (unpaired) electrons. The molecule has 0 spiro atoms. The smallest absolute Gasteiger partial charge is 0.330 e. The highest BCUT2D eigenvalue weighted by atomic mass is 16.5. The molecule has 0 atom stereocenters. The normalized spacial score (nSPS) is 15.0. The van der Waals surface area contributed by atoms with Gasteiger partial charge < -0.3 is 15.0 Å². The number of nitrogens with zero attached hydrogens (tertiary/aromatic N) is 6. The van der Waals surface area contributed by atoms with Gasteiger partial charge in [0.25, 0.3) is 0 Å². The minimum absolute atomic E-state index is 0.0200. The van der Waals surface area contributed by atoms with E-state index in [-0.39, 0.29) is 29.8 Å². The van der Waals surface area contributed by atoms with Gasteiger partial charge in [-0.1, -0.05) is 6.07 Å². The third kappa shape index (κ3) is 5.06. The monoisotopic (exact) mass is 503 g/mol. The van der Waals surface area contributed by atoms with Crippen LogP contribution in [0.1, 0.15) is 45.2 Å². The van der Waals surface area contributed by atoms with Crippen LogP contribution in [0.4, 0.5) is 11.6 Å². The van der Waals surface area contributed by atoms with Crippen LogP contribution in [0.3, 0.4) is 0 Å². The average molecular weight is 504 g/mol. The van der Waals surface area contributed by atoms with Gasteiger partial charge in [0.15, 0.2) is 5.65 Å². The van der Waals surface area contributed by atoms with E-state index in [1.807, 2.05) is 56.9 Å². The molecule has 0 unspecified atom stereocenters. The Balaban J connectivity index is 1.38. The van der Waals surface area contributed by atoms with E-state index < -0.39 is 0 Å². The predicted octanol–water partition coefficient (Wildman–Crippen LogP) is 3.71. The second-order valence-electron chi connectivity index (χ2n) is 10.6. The van der Waals surface area contributed by atoms with Crippen molar-refractivity contribution < 1.29 is 9.53 Å². The number of nitrogens with one attached hydrogen (secondary N) is 1. The fourth-order valence-corrected chi connectivity index (χ4v) is 4.75. The van der Waals surface area contributed by atoms with E-state index in [0.29, 0.717) is 43.0 Å². The number of carbonyl (C=O) groups excluding carboxylic acids is 1. The number of ether oxygens (including phenoxy) is 1. The van der Waals surface area contributed by atoms with E-state index >= 15 is 0 Å². The Kier molecular flexibility index (Phi) is 6.45. The first-order valence-corrected chi connectivity index (χ1v) is 12.6. The van der Waals surface area contributed by atoms with Crippen LogP contribution in [-0.2, 0) is 16.6 Å². The van der Waals surface area contributed by atoms with Crippen molar-refractivity contribution >= 4 is 39.6 Å². The molecule has 1 amide bonds. The summed E-state index contributed by atoms with van der Waals surface area (Å²) in [4.78, 5) is 41.3. The van der Waals surface area contributed by atoms with Crippen molar-refractivity contribution in [1.82, 2.24) is 29.0 Å². The summed E-state index contributed by atoms with van der Waals surface area (Å²) in [5, 5.41) is 4.34. The van der Waals surface area contributed by atoms with Crippen LogP contribution in [0.2, 0.25) is 0 Å². The lowest BCUT2D eigenvalue weighted by molar-refractivity contribution is -0.142. The zero-order chi connectivity index (χ0) is 26.3. The molecule has 10 heteroatoms. The number of hydrogen-bond donors (Lipinski definition) is 1. The summed E-state index contributed by atoms with van der Waals surface area (Å²) in [7, 11) is 1.74. The number of amides is 1. The van der Waals surface area contributed by atoms with Gasteiger partial charge in [0.1, 0.15) is 12.1 Å². The maximum atomic E-state index is 13.2. The Morgan fingerprint density at radius 3 is 2.68 bits per heavy atom. The van der Waals surface area contributed by atoms with E-state index in [0.717, 1.165) is 22.2 Å². The van der Waals surface area contributed by atoms with Gasteiger partial charge in [-0.05, 0) is 64.3 Å². The van der Waals surface area contributed by atoms with Crippen molar-refractivity contribution in [2.75, 3.05) is 25.0 Å². The fourth-order valence-electron chi connectivity index (χ4n) is 4.75. The maximum absolute atomic E-state index is 13.2. The topological polar surface area (TPSA) is 107 Å². The lowest BCUT2D eigenvalue weighted by Crippen LogP contribution is -2.43. The van der Waals surface area contributed by atoms with Crippen molar-refractivity contribution in [3.05, 3.63) is 52.7 Å². The van der Waals surface area contributed by atoms with E-state index in [4.69, 9.17) is 9.72 Å². The minimum atomic E-state index is -0.363. The van der Waals surface area contributed by atoms with Crippen LogP contribution in [-0.4, -0.2) is 60.2 Å². The first kappa shape index (κ1) is 24.9. The van der Waals surface area contributed by atoms with Crippen molar-refractivity contribution in [2.24, 2.45) is 7.05 Å². The van der Waals surface area contributed by atoms with E-state index in [9.17, 15) is 9.59 Å². The van der Waals surface area contributed by atoms with Crippen LogP contribution in [0.25, 0.3) is 22.1 Å². The third-order valence-corrected chi connectivity index (χ3v) is 6.84. The van der Waals surface area contributed by atoms with Gasteiger partial charge in [0.05, 0.1) is 17.3 Å². The first-order chi connectivity index (χ1) is 17.6. The third-order valence-electron chi connectivity index (χ3n) is 6.84. The van der Waals surface area contributed by atoms with Crippen LogP contribution in [0.5, 0.6) is 0 Å². The Morgan fingerprint density at radius 1 is 1.19 bits per heavy atom. The summed E-state index contributed by atoms with van der Waals surface area (Å²) < 4.78 is 8.99. The first-order valence-electron chi connectivity index (χ1n) is 12.6. The number of fused-ring (bicyclic) bond motifs is 2. The highest BCUT2D eigenvalue weighted by molar-refractivity contribution is 5.85. The molecular weight excluding hydrogens is 470 g/mol. The number of benzene rings is 1. The van der Waals surface area contributed by atoms with Crippen molar-refractivity contribution in [3.8, 4) is 0 Å². The molecule has 194 valence electrons. The molecule has 3 aromatic heterocycles. The van der Waals surface area contributed by atoms with Gasteiger partial charge in [-0.3, -0.25) is 18.9 Å². The molecule has 4 heterocycles. The van der Waals surface area contributed by atoms with Gasteiger partial charge in [0.2, 0.25) is 11.9 Å². The summed E-state index contributed by atoms with van der Waals surface area (Å²) in [5.41, 5.74) is 3.60. The zero-order valence-electron chi connectivity index (χ0n) is 22.0. The molecule has 37 heavy (non-hydrogen) atoms. The Labute approximate surface area is 215 Å². The number of piperidine rings is 1. The second-order valence-corrected chi connectivity index (χ2v) is 10.6. The largest absolute Gasteiger partial charge is 0.366 e. The highest BCUT2D eigenvalue weighted by Crippen LogP contribution is 2.27. The Bertz CT molecular complexity index is 1530. The SMILES string of the molecule is Cc1cc2ncccc2cc1Nc1ncc2c(n1)n(C1CCN(C(=O)COC(C)(C)C)CC1)c(=O)n2C. The number of rotatable bonds is 5. The van der Waals surface area contributed by atoms with Crippen molar-refractivity contribution in [1.29, 1.82) is 0 Å². The lowest BCUT2D eigenvalue weighted by atomic mass is 10.0. The van der Waals surface area contributed by atoms with Crippen molar-refractivity contribution in [2.45, 2.75) is 52.2 Å². The summed E-state index contributed by atoms with van der Waals surface area (Å²) in [6, 6.07) is 7.91. The number of hydrogen-bond acceptors (Lipinski definition) is 7. The molecule has 4 aromatic rings. The fraction of sp³-hybridized carbons (Fsp3) is 0.444. The number of anilines is 2. The molecule has 1 aromatic carbocycles. The number of aryl methyl sites for hydroxylation is 2. The molecule has 0 saturated carbocycles. The average Bonchev–Trinajstić information content (AvgIpc) is 3.12. The van der Waals surface area contributed by atoms with Crippen molar-refractivity contribution in [3.63, 3.8) is 0 Å². The molecular formula is C27H33N7O3. The molecule has 1 aliphatic rings. The molecule has 1 fully saturated rings. The number of aromatic nitrogens is 5. The summed E-state index contributed by atoms with van der Waals surface area (Å²) in [6.07, 6.45) is 4.80. The standard InChI is InChI=1S/C27H33N7O3/c1-17-13-21-18(7-6-10-28-21)14-20(17)30-25-29-15-22-24(31-25)34(26(36)32(22)5)19-8-11-33(12-9-19)23(35)16-37-27(2,3)4/h6-7,10,13-15,19H,8-9,11-12,16H2,1-5H3,(H,29,30,31). The van der Waals surface area contributed by atoms with Crippen LogP contribution in [0, 0.1) is 6.92 Å². The molecule has 1 N–H and O–H groups in total. The molecule has 1 saturated heterocycles. The second kappa shape index (κ2) is 9.59. The Hall–Kier alpha value is -3.79. The molecule has 10 nitrogen and oxygen atoms in total. The van der Waals surface area contributed by atoms with Gasteiger partial charge in [-0.25, -0.2) is 9.78 Å². The quantitative estimate of drug-likeness (QED) is 0.442. The summed E-state index contributed by atoms with van der Waals surface area (Å²) in [6.45, 7) is 9.01. The summed E-state index contributed by atoms with van der Waals surface area (Å²) >= 11 is 0.